The van der Waals surface area contributed by atoms with Gasteiger partial charge >= 0.3 is 5.97 Å². The first-order valence-corrected chi connectivity index (χ1v) is 23.6. The maximum atomic E-state index is 12.3. The molecule has 0 saturated carbocycles. The Labute approximate surface area is 335 Å². The summed E-state index contributed by atoms with van der Waals surface area (Å²) in [6.07, 6.45) is 50.4. The summed E-state index contributed by atoms with van der Waals surface area (Å²) in [6, 6.07) is -0.663. The molecule has 1 amide bonds. The SMILES string of the molecule is CCCCCCCCCCC/C=C/C(O)C(CO)NC(=O)CCC/C=C\CCCCCCOC(=O)CCCCCCCCCCCCCCCCCCC. The minimum Gasteiger partial charge on any atom is -0.466 e. The number of hydrogen-bond acceptors (Lipinski definition) is 5. The second-order valence-electron chi connectivity index (χ2n) is 16.1. The van der Waals surface area contributed by atoms with E-state index in [1.165, 1.54) is 148 Å². The van der Waals surface area contributed by atoms with Crippen LogP contribution in [0.15, 0.2) is 24.3 Å². The van der Waals surface area contributed by atoms with E-state index in [4.69, 9.17) is 4.74 Å². The fourth-order valence-electron chi connectivity index (χ4n) is 7.05. The molecule has 54 heavy (non-hydrogen) atoms. The van der Waals surface area contributed by atoms with Crippen molar-refractivity contribution in [3.05, 3.63) is 24.3 Å². The van der Waals surface area contributed by atoms with Gasteiger partial charge in [0.05, 0.1) is 25.4 Å². The molecule has 6 nitrogen and oxygen atoms in total. The van der Waals surface area contributed by atoms with Gasteiger partial charge in [-0.1, -0.05) is 205 Å². The second-order valence-corrected chi connectivity index (χ2v) is 16.1. The number of hydrogen-bond donors (Lipinski definition) is 3. The van der Waals surface area contributed by atoms with E-state index in [1.807, 2.05) is 6.08 Å². The van der Waals surface area contributed by atoms with Crippen molar-refractivity contribution in [2.45, 2.75) is 257 Å². The van der Waals surface area contributed by atoms with Crippen LogP contribution in [0.2, 0.25) is 0 Å². The van der Waals surface area contributed by atoms with Gasteiger partial charge in [0, 0.05) is 12.8 Å². The van der Waals surface area contributed by atoms with E-state index in [2.05, 4.69) is 31.3 Å². The number of rotatable bonds is 43. The van der Waals surface area contributed by atoms with Gasteiger partial charge in [0.25, 0.3) is 0 Å². The number of amides is 1. The third kappa shape index (κ3) is 40.0. The molecule has 0 bridgehead atoms. The topological polar surface area (TPSA) is 95.9 Å². The Bertz CT molecular complexity index is 843. The third-order valence-corrected chi connectivity index (χ3v) is 10.7. The van der Waals surface area contributed by atoms with Gasteiger partial charge in [-0.25, -0.2) is 0 Å². The van der Waals surface area contributed by atoms with Crippen LogP contribution in [-0.2, 0) is 14.3 Å². The predicted molar refractivity (Wildman–Crippen MR) is 232 cm³/mol. The Morgan fingerprint density at radius 2 is 0.889 bits per heavy atom. The highest BCUT2D eigenvalue weighted by Gasteiger charge is 2.17. The van der Waals surface area contributed by atoms with E-state index in [1.54, 1.807) is 6.08 Å². The molecule has 0 radical (unpaired) electrons. The first-order valence-electron chi connectivity index (χ1n) is 23.6. The quantitative estimate of drug-likeness (QED) is 0.0327. The normalized spacial score (nSPS) is 12.9. The van der Waals surface area contributed by atoms with Gasteiger partial charge in [-0.05, 0) is 51.4 Å². The molecule has 0 rings (SSSR count). The molecule has 0 fully saturated rings. The molecule has 0 aromatic carbocycles. The number of esters is 1. The molecule has 0 aliphatic rings. The number of nitrogens with one attached hydrogen (secondary N) is 1. The zero-order valence-corrected chi connectivity index (χ0v) is 36.0. The number of aliphatic hydroxyl groups excluding tert-OH is 2. The van der Waals surface area contributed by atoms with Gasteiger partial charge in [0.15, 0.2) is 0 Å². The summed E-state index contributed by atoms with van der Waals surface area (Å²) in [7, 11) is 0. The Morgan fingerprint density at radius 3 is 1.35 bits per heavy atom. The van der Waals surface area contributed by atoms with Crippen LogP contribution >= 0.6 is 0 Å². The minimum absolute atomic E-state index is 0.0351. The Balaban J connectivity index is 3.54. The van der Waals surface area contributed by atoms with Crippen LogP contribution < -0.4 is 5.32 Å². The molecular formula is C48H91NO5. The lowest BCUT2D eigenvalue weighted by Gasteiger charge is -2.19. The molecule has 0 heterocycles. The maximum Gasteiger partial charge on any atom is 0.305 e. The van der Waals surface area contributed by atoms with Crippen LogP contribution in [0.25, 0.3) is 0 Å². The third-order valence-electron chi connectivity index (χ3n) is 10.7. The van der Waals surface area contributed by atoms with E-state index in [0.717, 1.165) is 70.6 Å². The largest absolute Gasteiger partial charge is 0.466 e. The molecule has 0 aliphatic heterocycles. The summed E-state index contributed by atoms with van der Waals surface area (Å²) >= 11 is 0. The van der Waals surface area contributed by atoms with Gasteiger partial charge in [-0.3, -0.25) is 9.59 Å². The Kier molecular flexibility index (Phi) is 42.7. The molecule has 318 valence electrons. The maximum absolute atomic E-state index is 12.3. The van der Waals surface area contributed by atoms with Crippen molar-refractivity contribution in [3.8, 4) is 0 Å². The van der Waals surface area contributed by atoms with E-state index in [0.29, 0.717) is 19.4 Å². The molecule has 2 atom stereocenters. The lowest BCUT2D eigenvalue weighted by atomic mass is 10.0. The standard InChI is InChI=1S/C48H91NO5/c1-3-5-7-9-11-13-15-16-17-18-19-20-22-26-30-34-38-42-48(53)54-43-39-35-31-27-23-25-29-33-37-41-47(52)49-45(44-50)46(51)40-36-32-28-24-21-14-12-10-8-6-4-2/h25,29,36,40,45-46,50-51H,3-24,26-28,30-35,37-39,41-44H2,1-2H3,(H,49,52)/b29-25-,40-36+. The van der Waals surface area contributed by atoms with Crippen molar-refractivity contribution in [1.29, 1.82) is 0 Å². The average molecular weight is 762 g/mol. The first-order chi connectivity index (χ1) is 26.5. The molecule has 0 saturated heterocycles. The van der Waals surface area contributed by atoms with Gasteiger partial charge in [0.2, 0.25) is 5.91 Å². The van der Waals surface area contributed by atoms with Crippen LogP contribution in [0.4, 0.5) is 0 Å². The van der Waals surface area contributed by atoms with Crippen LogP contribution in [0, 0.1) is 0 Å². The van der Waals surface area contributed by atoms with E-state index >= 15 is 0 Å². The van der Waals surface area contributed by atoms with Crippen molar-refractivity contribution in [2.75, 3.05) is 13.2 Å². The summed E-state index contributed by atoms with van der Waals surface area (Å²) in [4.78, 5) is 24.4. The molecule has 2 unspecified atom stereocenters. The van der Waals surface area contributed by atoms with Crippen LogP contribution in [0.5, 0.6) is 0 Å². The minimum atomic E-state index is -0.872. The monoisotopic (exact) mass is 762 g/mol. The van der Waals surface area contributed by atoms with Gasteiger partial charge in [-0.15, -0.1) is 0 Å². The average Bonchev–Trinajstić information content (AvgIpc) is 3.17. The second kappa shape index (κ2) is 44.1. The predicted octanol–water partition coefficient (Wildman–Crippen LogP) is 13.6. The summed E-state index contributed by atoms with van der Waals surface area (Å²) in [6.45, 7) is 4.79. The molecule has 6 heteroatoms. The van der Waals surface area contributed by atoms with Crippen molar-refractivity contribution >= 4 is 11.9 Å². The van der Waals surface area contributed by atoms with Gasteiger partial charge < -0.3 is 20.3 Å². The van der Waals surface area contributed by atoms with Gasteiger partial charge in [-0.2, -0.15) is 0 Å². The number of unbranched alkanes of at least 4 members (excludes halogenated alkanes) is 30. The Hall–Kier alpha value is -1.66. The van der Waals surface area contributed by atoms with Crippen LogP contribution in [0.3, 0.4) is 0 Å². The fraction of sp³-hybridized carbons (Fsp3) is 0.875. The smallest absolute Gasteiger partial charge is 0.305 e. The zero-order chi connectivity index (χ0) is 39.4. The van der Waals surface area contributed by atoms with E-state index < -0.39 is 12.1 Å². The lowest BCUT2D eigenvalue weighted by molar-refractivity contribution is -0.143. The summed E-state index contributed by atoms with van der Waals surface area (Å²) in [5, 5.41) is 22.9. The number of carbonyl (C=O) groups excluding carboxylic acids is 2. The highest BCUT2D eigenvalue weighted by Crippen LogP contribution is 2.15. The summed E-state index contributed by atoms with van der Waals surface area (Å²) in [5.41, 5.74) is 0. The van der Waals surface area contributed by atoms with E-state index in [9.17, 15) is 19.8 Å². The molecular weight excluding hydrogens is 671 g/mol. The number of allylic oxidation sites excluding steroid dienone is 3. The molecule has 0 aromatic rings. The van der Waals surface area contributed by atoms with Gasteiger partial charge in [0.1, 0.15) is 0 Å². The highest BCUT2D eigenvalue weighted by molar-refractivity contribution is 5.76. The number of carbonyl (C=O) groups is 2. The van der Waals surface area contributed by atoms with E-state index in [-0.39, 0.29) is 18.5 Å². The highest BCUT2D eigenvalue weighted by atomic mass is 16.5. The lowest BCUT2D eigenvalue weighted by Crippen LogP contribution is -2.45. The van der Waals surface area contributed by atoms with Crippen molar-refractivity contribution in [1.82, 2.24) is 5.32 Å². The molecule has 0 aromatic heterocycles. The number of aliphatic hydroxyl groups is 2. The first kappa shape index (κ1) is 52.3. The zero-order valence-electron chi connectivity index (χ0n) is 36.0. The summed E-state index contributed by atoms with van der Waals surface area (Å²) < 4.78 is 5.44. The summed E-state index contributed by atoms with van der Waals surface area (Å²) in [5.74, 6) is -0.165. The van der Waals surface area contributed by atoms with Crippen molar-refractivity contribution < 1.29 is 24.5 Å². The molecule has 0 aliphatic carbocycles. The molecule has 0 spiro atoms. The fourth-order valence-corrected chi connectivity index (χ4v) is 7.05. The van der Waals surface area contributed by atoms with Crippen molar-refractivity contribution in [3.63, 3.8) is 0 Å². The van der Waals surface area contributed by atoms with Crippen LogP contribution in [0.1, 0.15) is 245 Å². The van der Waals surface area contributed by atoms with Crippen LogP contribution in [-0.4, -0.2) is 47.4 Å². The Morgan fingerprint density at radius 1 is 0.500 bits per heavy atom. The number of ether oxygens (including phenoxy) is 1. The molecule has 3 N–H and O–H groups in total. The van der Waals surface area contributed by atoms with Crippen molar-refractivity contribution in [2.24, 2.45) is 0 Å².